The first-order valence-electron chi connectivity index (χ1n) is 10.1. The summed E-state index contributed by atoms with van der Waals surface area (Å²) in [4.78, 5) is 12.5. The van der Waals surface area contributed by atoms with Gasteiger partial charge in [0.2, 0.25) is 10.0 Å². The highest BCUT2D eigenvalue weighted by atomic mass is 35.5. The molecule has 11 heteroatoms. The van der Waals surface area contributed by atoms with E-state index in [1.807, 2.05) is 6.92 Å². The van der Waals surface area contributed by atoms with Crippen LogP contribution in [0, 0.1) is 19.7 Å². The summed E-state index contributed by atoms with van der Waals surface area (Å²) in [6.07, 6.45) is 2.39. The van der Waals surface area contributed by atoms with Crippen LogP contribution in [-0.4, -0.2) is 45.0 Å². The lowest BCUT2D eigenvalue weighted by atomic mass is 10.2. The van der Waals surface area contributed by atoms with Crippen molar-refractivity contribution in [1.82, 2.24) is 9.99 Å². The van der Waals surface area contributed by atoms with Gasteiger partial charge in [0, 0.05) is 22.0 Å². The van der Waals surface area contributed by atoms with Crippen molar-refractivity contribution in [2.24, 2.45) is 5.10 Å². The Bertz CT molecular complexity index is 1350. The molecule has 0 aliphatic carbocycles. The van der Waals surface area contributed by atoms with Crippen molar-refractivity contribution in [3.05, 3.63) is 76.3 Å². The number of halogens is 2. The minimum Gasteiger partial charge on any atom is -0.495 e. The fourth-order valence-electron chi connectivity index (χ4n) is 3.50. The highest BCUT2D eigenvalue weighted by molar-refractivity contribution is 7.92. The molecule has 1 N–H and O–H groups in total. The number of methoxy groups -OCH3 is 1. The lowest BCUT2D eigenvalue weighted by molar-refractivity contribution is -0.119. The SMILES string of the molecule is COc1ccc(Cl)cc1N(CC(=O)N/N=C/c1cc(C)n(-c2ccccc2F)c1C)S(C)(=O)=O. The predicted octanol–water partition coefficient (Wildman–Crippen LogP) is 3.81. The zero-order valence-corrected chi connectivity index (χ0v) is 20.6. The van der Waals surface area contributed by atoms with Crippen LogP contribution in [0.15, 0.2) is 53.6 Å². The third-order valence-electron chi connectivity index (χ3n) is 5.05. The van der Waals surface area contributed by atoms with Crippen molar-refractivity contribution in [1.29, 1.82) is 0 Å². The quantitative estimate of drug-likeness (QED) is 0.371. The Hall–Kier alpha value is -3.37. The van der Waals surface area contributed by atoms with Gasteiger partial charge in [-0.2, -0.15) is 5.10 Å². The second-order valence-electron chi connectivity index (χ2n) is 7.49. The van der Waals surface area contributed by atoms with Gasteiger partial charge in [-0.1, -0.05) is 23.7 Å². The molecule has 3 aromatic rings. The van der Waals surface area contributed by atoms with E-state index in [9.17, 15) is 17.6 Å². The molecular weight excluding hydrogens is 483 g/mol. The molecule has 8 nitrogen and oxygen atoms in total. The van der Waals surface area contributed by atoms with Crippen molar-refractivity contribution in [2.45, 2.75) is 13.8 Å². The van der Waals surface area contributed by atoms with E-state index < -0.39 is 22.5 Å². The van der Waals surface area contributed by atoms with Crippen LogP contribution < -0.4 is 14.5 Å². The molecule has 180 valence electrons. The maximum absolute atomic E-state index is 14.3. The third kappa shape index (κ3) is 5.57. The molecule has 2 aromatic carbocycles. The molecule has 0 aliphatic rings. The number of hydrogen-bond donors (Lipinski definition) is 1. The number of anilines is 1. The molecule has 0 bridgehead atoms. The van der Waals surface area contributed by atoms with E-state index in [1.165, 1.54) is 31.5 Å². The van der Waals surface area contributed by atoms with Crippen molar-refractivity contribution in [2.75, 3.05) is 24.2 Å². The molecule has 0 fully saturated rings. The first kappa shape index (κ1) is 25.3. The van der Waals surface area contributed by atoms with Gasteiger partial charge in [-0.05, 0) is 50.2 Å². The highest BCUT2D eigenvalue weighted by Crippen LogP contribution is 2.32. The maximum Gasteiger partial charge on any atom is 0.260 e. The lowest BCUT2D eigenvalue weighted by Crippen LogP contribution is -2.39. The molecule has 34 heavy (non-hydrogen) atoms. The Morgan fingerprint density at radius 2 is 1.94 bits per heavy atom. The Kier molecular flexibility index (Phi) is 7.63. The van der Waals surface area contributed by atoms with Gasteiger partial charge in [0.1, 0.15) is 18.1 Å². The number of hydrogen-bond acceptors (Lipinski definition) is 5. The normalized spacial score (nSPS) is 11.6. The molecule has 0 spiro atoms. The fraction of sp³-hybridized carbons (Fsp3) is 0.217. The molecule has 1 aromatic heterocycles. The van der Waals surface area contributed by atoms with Gasteiger partial charge in [-0.25, -0.2) is 18.2 Å². The number of rotatable bonds is 8. The zero-order chi connectivity index (χ0) is 25.0. The number of aryl methyl sites for hydroxylation is 1. The zero-order valence-electron chi connectivity index (χ0n) is 19.0. The maximum atomic E-state index is 14.3. The summed E-state index contributed by atoms with van der Waals surface area (Å²) in [6.45, 7) is 3.10. The number of nitrogens with zero attached hydrogens (tertiary/aromatic N) is 3. The summed E-state index contributed by atoms with van der Waals surface area (Å²) in [5.41, 5.74) is 5.04. The molecule has 0 aliphatic heterocycles. The second kappa shape index (κ2) is 10.3. The lowest BCUT2D eigenvalue weighted by Gasteiger charge is -2.23. The molecule has 0 unspecified atom stereocenters. The van der Waals surface area contributed by atoms with Crippen LogP contribution in [0.25, 0.3) is 5.69 Å². The van der Waals surface area contributed by atoms with Gasteiger partial charge in [-0.15, -0.1) is 0 Å². The minimum absolute atomic E-state index is 0.130. The van der Waals surface area contributed by atoms with Crippen LogP contribution in [0.2, 0.25) is 5.02 Å². The van der Waals surface area contributed by atoms with Crippen molar-refractivity contribution in [3.8, 4) is 11.4 Å². The van der Waals surface area contributed by atoms with Crippen molar-refractivity contribution in [3.63, 3.8) is 0 Å². The standard InChI is InChI=1S/C23H24ClFN4O4S/c1-15-11-17(16(2)29(15)20-8-6-5-7-19(20)25)13-26-27-23(30)14-28(34(4,31)32)21-12-18(24)9-10-22(21)33-3/h5-13H,14H2,1-4H3,(H,27,30)/b26-13+. The van der Waals surface area contributed by atoms with Crippen LogP contribution in [0.3, 0.4) is 0 Å². The van der Waals surface area contributed by atoms with E-state index in [4.69, 9.17) is 16.3 Å². The summed E-state index contributed by atoms with van der Waals surface area (Å²) in [7, 11) is -2.46. The Morgan fingerprint density at radius 3 is 2.59 bits per heavy atom. The summed E-state index contributed by atoms with van der Waals surface area (Å²) in [5, 5.41) is 4.24. The van der Waals surface area contributed by atoms with Crippen LogP contribution in [0.4, 0.5) is 10.1 Å². The average Bonchev–Trinajstić information content (AvgIpc) is 3.04. The number of aromatic nitrogens is 1. The highest BCUT2D eigenvalue weighted by Gasteiger charge is 2.24. The van der Waals surface area contributed by atoms with Crippen molar-refractivity contribution < 1.29 is 22.3 Å². The smallest absolute Gasteiger partial charge is 0.260 e. The first-order valence-corrected chi connectivity index (χ1v) is 12.3. The third-order valence-corrected chi connectivity index (χ3v) is 6.42. The van der Waals surface area contributed by atoms with Gasteiger partial charge in [-0.3, -0.25) is 9.10 Å². The molecule has 0 atom stereocenters. The molecule has 3 rings (SSSR count). The number of amides is 1. The molecule has 1 heterocycles. The molecular formula is C23H24ClFN4O4S. The number of hydrazone groups is 1. The molecule has 0 radical (unpaired) electrons. The van der Waals surface area contributed by atoms with Gasteiger partial charge < -0.3 is 9.30 Å². The Balaban J connectivity index is 1.79. The largest absolute Gasteiger partial charge is 0.495 e. The van der Waals surface area contributed by atoms with E-state index in [0.717, 1.165) is 21.9 Å². The van der Waals surface area contributed by atoms with Crippen LogP contribution >= 0.6 is 11.6 Å². The van der Waals surface area contributed by atoms with E-state index in [0.29, 0.717) is 11.3 Å². The summed E-state index contributed by atoms with van der Waals surface area (Å²) in [5.74, 6) is -0.795. The van der Waals surface area contributed by atoms with Crippen LogP contribution in [0.5, 0.6) is 5.75 Å². The number of benzene rings is 2. The van der Waals surface area contributed by atoms with E-state index in [2.05, 4.69) is 10.5 Å². The predicted molar refractivity (Wildman–Crippen MR) is 131 cm³/mol. The van der Waals surface area contributed by atoms with Gasteiger partial charge in [0.05, 0.1) is 31.0 Å². The number of sulfonamides is 1. The Labute approximate surface area is 202 Å². The summed E-state index contributed by atoms with van der Waals surface area (Å²) < 4.78 is 46.8. The summed E-state index contributed by atoms with van der Waals surface area (Å²) >= 11 is 6.01. The van der Waals surface area contributed by atoms with Gasteiger partial charge in [0.15, 0.2) is 0 Å². The summed E-state index contributed by atoms with van der Waals surface area (Å²) in [6, 6.07) is 12.7. The monoisotopic (exact) mass is 506 g/mol. The first-order chi connectivity index (χ1) is 16.0. The number of nitrogens with one attached hydrogen (secondary N) is 1. The number of carbonyl (C=O) groups excluding carboxylic acids is 1. The van der Waals surface area contributed by atoms with E-state index in [1.54, 1.807) is 41.8 Å². The number of ether oxygens (including phenoxy) is 1. The van der Waals surface area contributed by atoms with E-state index >= 15 is 0 Å². The molecule has 0 saturated heterocycles. The topological polar surface area (TPSA) is 93.0 Å². The van der Waals surface area contributed by atoms with Crippen LogP contribution in [-0.2, 0) is 14.8 Å². The minimum atomic E-state index is -3.84. The van der Waals surface area contributed by atoms with Crippen LogP contribution in [0.1, 0.15) is 17.0 Å². The second-order valence-corrected chi connectivity index (χ2v) is 9.84. The van der Waals surface area contributed by atoms with E-state index in [-0.39, 0.29) is 22.3 Å². The van der Waals surface area contributed by atoms with Gasteiger partial charge in [0.25, 0.3) is 5.91 Å². The van der Waals surface area contributed by atoms with Gasteiger partial charge >= 0.3 is 0 Å². The molecule has 0 saturated carbocycles. The number of carbonyl (C=O) groups is 1. The number of para-hydroxylation sites is 1. The Morgan fingerprint density at radius 1 is 1.24 bits per heavy atom. The fourth-order valence-corrected chi connectivity index (χ4v) is 4.52. The van der Waals surface area contributed by atoms with Crippen molar-refractivity contribution >= 4 is 39.4 Å². The molecule has 1 amide bonds. The average molecular weight is 507 g/mol.